The number of benzene rings is 1. The van der Waals surface area contributed by atoms with Crippen LogP contribution in [0.25, 0.3) is 0 Å². The molecule has 1 aromatic carbocycles. The third-order valence-electron chi connectivity index (χ3n) is 3.16. The van der Waals surface area contributed by atoms with Crippen LogP contribution in [0.15, 0.2) is 24.3 Å². The van der Waals surface area contributed by atoms with Crippen molar-refractivity contribution in [1.82, 2.24) is 0 Å². The summed E-state index contributed by atoms with van der Waals surface area (Å²) in [5.74, 6) is 0.245. The van der Waals surface area contributed by atoms with Gasteiger partial charge in [0.25, 0.3) is 0 Å². The van der Waals surface area contributed by atoms with Gasteiger partial charge >= 0.3 is 0 Å². The molecule has 0 bridgehead atoms. The minimum Gasteiger partial charge on any atom is -0.368 e. The zero-order valence-corrected chi connectivity index (χ0v) is 10.1. The molecule has 0 atom stereocenters. The molecule has 16 heavy (non-hydrogen) atoms. The number of para-hydroxylation sites is 1. The lowest BCUT2D eigenvalue weighted by molar-refractivity contribution is 0.0988. The number of hydrogen-bond acceptors (Lipinski definition) is 2. The second-order valence-corrected chi connectivity index (χ2v) is 4.31. The topological polar surface area (TPSA) is 20.3 Å². The van der Waals surface area contributed by atoms with Crippen molar-refractivity contribution < 1.29 is 4.79 Å². The van der Waals surface area contributed by atoms with E-state index in [2.05, 4.69) is 17.9 Å². The van der Waals surface area contributed by atoms with Crippen LogP contribution in [0.2, 0.25) is 0 Å². The highest BCUT2D eigenvalue weighted by atomic mass is 16.1. The average Bonchev–Trinajstić information content (AvgIpc) is 3.14. The highest BCUT2D eigenvalue weighted by Gasteiger charge is 2.29. The number of carbonyl (C=O) groups excluding carboxylic acids is 1. The molecule has 0 saturated heterocycles. The van der Waals surface area contributed by atoms with Crippen molar-refractivity contribution in [2.45, 2.75) is 39.2 Å². The van der Waals surface area contributed by atoms with Crippen molar-refractivity contribution in [3.05, 3.63) is 29.8 Å². The zero-order chi connectivity index (χ0) is 11.5. The van der Waals surface area contributed by atoms with Crippen LogP contribution in [0.3, 0.4) is 0 Å². The SMILES string of the molecule is CCC(=O)c1ccccc1N(CC)C1CC1. The molecule has 0 radical (unpaired) electrons. The Morgan fingerprint density at radius 3 is 2.56 bits per heavy atom. The maximum absolute atomic E-state index is 11.9. The number of nitrogens with zero attached hydrogens (tertiary/aromatic N) is 1. The maximum Gasteiger partial charge on any atom is 0.164 e. The van der Waals surface area contributed by atoms with E-state index in [-0.39, 0.29) is 5.78 Å². The highest BCUT2D eigenvalue weighted by Crippen LogP contribution is 2.33. The van der Waals surface area contributed by atoms with Gasteiger partial charge in [-0.05, 0) is 31.9 Å². The third-order valence-corrected chi connectivity index (χ3v) is 3.16. The average molecular weight is 217 g/mol. The Morgan fingerprint density at radius 2 is 2.00 bits per heavy atom. The largest absolute Gasteiger partial charge is 0.368 e. The predicted octanol–water partition coefficient (Wildman–Crippen LogP) is 3.27. The van der Waals surface area contributed by atoms with Gasteiger partial charge in [-0.2, -0.15) is 0 Å². The lowest BCUT2D eigenvalue weighted by Crippen LogP contribution is -2.26. The minimum atomic E-state index is 0.245. The van der Waals surface area contributed by atoms with Gasteiger partial charge in [0.1, 0.15) is 0 Å². The first-order valence-corrected chi connectivity index (χ1v) is 6.16. The molecular weight excluding hydrogens is 198 g/mol. The lowest BCUT2D eigenvalue weighted by Gasteiger charge is -2.25. The number of anilines is 1. The summed E-state index contributed by atoms with van der Waals surface area (Å²) in [6.45, 7) is 5.07. The van der Waals surface area contributed by atoms with E-state index in [0.717, 1.165) is 17.8 Å². The van der Waals surface area contributed by atoms with Gasteiger partial charge in [-0.25, -0.2) is 0 Å². The molecule has 0 aliphatic heterocycles. The quantitative estimate of drug-likeness (QED) is 0.705. The Hall–Kier alpha value is -1.31. The molecule has 86 valence electrons. The van der Waals surface area contributed by atoms with Crippen LogP contribution in [0.1, 0.15) is 43.5 Å². The molecule has 0 unspecified atom stereocenters. The summed E-state index contributed by atoms with van der Waals surface area (Å²) in [6, 6.07) is 8.66. The molecule has 1 fully saturated rings. The van der Waals surface area contributed by atoms with E-state index in [1.54, 1.807) is 0 Å². The van der Waals surface area contributed by atoms with Gasteiger partial charge < -0.3 is 4.90 Å². The van der Waals surface area contributed by atoms with Crippen LogP contribution in [-0.4, -0.2) is 18.4 Å². The van der Waals surface area contributed by atoms with Crippen LogP contribution < -0.4 is 4.90 Å². The summed E-state index contributed by atoms with van der Waals surface area (Å²) in [7, 11) is 0. The van der Waals surface area contributed by atoms with Gasteiger partial charge in [0.05, 0.1) is 0 Å². The van der Waals surface area contributed by atoms with Crippen molar-refractivity contribution >= 4 is 11.5 Å². The smallest absolute Gasteiger partial charge is 0.164 e. The molecule has 2 heteroatoms. The van der Waals surface area contributed by atoms with Gasteiger partial charge in [0.15, 0.2) is 5.78 Å². The molecule has 1 aliphatic rings. The Bertz CT molecular complexity index is 382. The van der Waals surface area contributed by atoms with Crippen LogP contribution in [0.5, 0.6) is 0 Å². The summed E-state index contributed by atoms with van der Waals surface area (Å²) < 4.78 is 0. The summed E-state index contributed by atoms with van der Waals surface area (Å²) in [6.07, 6.45) is 3.12. The second kappa shape index (κ2) is 4.69. The molecule has 0 aromatic heterocycles. The van der Waals surface area contributed by atoms with Crippen LogP contribution in [0.4, 0.5) is 5.69 Å². The maximum atomic E-state index is 11.9. The Morgan fingerprint density at radius 1 is 1.31 bits per heavy atom. The summed E-state index contributed by atoms with van der Waals surface area (Å²) in [4.78, 5) is 14.2. The van der Waals surface area contributed by atoms with E-state index >= 15 is 0 Å². The standard InChI is InChI=1S/C14H19NO/c1-3-14(16)12-7-5-6-8-13(12)15(4-2)11-9-10-11/h5-8,11H,3-4,9-10H2,1-2H3. The van der Waals surface area contributed by atoms with Gasteiger partial charge in [0, 0.05) is 30.3 Å². The fraction of sp³-hybridized carbons (Fsp3) is 0.500. The fourth-order valence-electron chi connectivity index (χ4n) is 2.16. The van der Waals surface area contributed by atoms with Gasteiger partial charge in [0.2, 0.25) is 0 Å². The minimum absolute atomic E-state index is 0.245. The fourth-order valence-corrected chi connectivity index (χ4v) is 2.16. The van der Waals surface area contributed by atoms with Crippen LogP contribution in [-0.2, 0) is 0 Å². The van der Waals surface area contributed by atoms with Crippen molar-refractivity contribution in [2.24, 2.45) is 0 Å². The van der Waals surface area contributed by atoms with Crippen LogP contribution in [0, 0.1) is 0 Å². The number of carbonyl (C=O) groups is 1. The molecule has 1 aromatic rings. The first kappa shape index (κ1) is 11.2. The van der Waals surface area contributed by atoms with E-state index in [4.69, 9.17) is 0 Å². The molecule has 0 spiro atoms. The van der Waals surface area contributed by atoms with Crippen LogP contribution >= 0.6 is 0 Å². The Kier molecular flexibility index (Phi) is 3.28. The second-order valence-electron chi connectivity index (χ2n) is 4.31. The molecule has 2 rings (SSSR count). The summed E-state index contributed by atoms with van der Waals surface area (Å²) >= 11 is 0. The zero-order valence-electron chi connectivity index (χ0n) is 10.1. The first-order valence-electron chi connectivity index (χ1n) is 6.16. The monoisotopic (exact) mass is 217 g/mol. The predicted molar refractivity (Wildman–Crippen MR) is 67.1 cm³/mol. The molecule has 0 N–H and O–H groups in total. The highest BCUT2D eigenvalue weighted by molar-refractivity contribution is 6.01. The number of rotatable bonds is 5. The van der Waals surface area contributed by atoms with Crippen molar-refractivity contribution in [3.63, 3.8) is 0 Å². The lowest BCUT2D eigenvalue weighted by atomic mass is 10.1. The van der Waals surface area contributed by atoms with E-state index in [1.807, 2.05) is 25.1 Å². The Balaban J connectivity index is 2.34. The van der Waals surface area contributed by atoms with Crippen molar-refractivity contribution in [1.29, 1.82) is 0 Å². The van der Waals surface area contributed by atoms with E-state index < -0.39 is 0 Å². The number of ketones is 1. The van der Waals surface area contributed by atoms with Gasteiger partial charge in [-0.1, -0.05) is 19.1 Å². The molecule has 1 aliphatic carbocycles. The van der Waals surface area contributed by atoms with Gasteiger partial charge in [-0.15, -0.1) is 0 Å². The summed E-state index contributed by atoms with van der Waals surface area (Å²) in [5, 5.41) is 0. The molecule has 2 nitrogen and oxygen atoms in total. The third kappa shape index (κ3) is 2.11. The van der Waals surface area contributed by atoms with E-state index in [1.165, 1.54) is 12.8 Å². The Labute approximate surface area is 97.3 Å². The van der Waals surface area contributed by atoms with Crippen molar-refractivity contribution in [2.75, 3.05) is 11.4 Å². The molecule has 0 heterocycles. The van der Waals surface area contributed by atoms with E-state index in [9.17, 15) is 4.79 Å². The molecule has 1 saturated carbocycles. The van der Waals surface area contributed by atoms with Gasteiger partial charge in [-0.3, -0.25) is 4.79 Å². The number of Topliss-reactive ketones (excluding diaryl/α,β-unsaturated/α-hetero) is 1. The normalized spacial score (nSPS) is 14.9. The first-order chi connectivity index (χ1) is 7.77. The number of hydrogen-bond donors (Lipinski definition) is 0. The van der Waals surface area contributed by atoms with Crippen molar-refractivity contribution in [3.8, 4) is 0 Å². The summed E-state index contributed by atoms with van der Waals surface area (Å²) in [5.41, 5.74) is 2.01. The van der Waals surface area contributed by atoms with E-state index in [0.29, 0.717) is 12.5 Å². The molecular formula is C14H19NO. The molecule has 0 amide bonds.